The zero-order chi connectivity index (χ0) is 21.2. The molecule has 0 spiro atoms. The number of nitrogens with zero attached hydrogens (tertiary/aromatic N) is 1. The van der Waals surface area contributed by atoms with Crippen LogP contribution >= 0.6 is 23.1 Å². The highest BCUT2D eigenvalue weighted by Crippen LogP contribution is 2.17. The monoisotopic (exact) mass is 435 g/mol. The zero-order valence-corrected chi connectivity index (χ0v) is 18.3. The first-order chi connectivity index (χ1) is 13.9. The summed E-state index contributed by atoms with van der Waals surface area (Å²) in [7, 11) is 0. The molecule has 0 aliphatic rings. The van der Waals surface area contributed by atoms with E-state index in [1.165, 1.54) is 11.3 Å². The van der Waals surface area contributed by atoms with E-state index in [-0.39, 0.29) is 24.2 Å². The summed E-state index contributed by atoms with van der Waals surface area (Å²) in [6, 6.07) is 6.52. The summed E-state index contributed by atoms with van der Waals surface area (Å²) in [6.07, 6.45) is 2.49. The van der Waals surface area contributed by atoms with E-state index in [2.05, 4.69) is 15.6 Å². The van der Waals surface area contributed by atoms with Crippen LogP contribution in [0.3, 0.4) is 0 Å². The van der Waals surface area contributed by atoms with Crippen molar-refractivity contribution in [3.8, 4) is 0 Å². The number of anilines is 1. The van der Waals surface area contributed by atoms with E-state index in [0.717, 1.165) is 11.3 Å². The maximum Gasteiger partial charge on any atom is 0.311 e. The fourth-order valence-electron chi connectivity index (χ4n) is 2.53. The summed E-state index contributed by atoms with van der Waals surface area (Å²) in [5, 5.41) is 7.63. The quantitative estimate of drug-likeness (QED) is 0.557. The summed E-state index contributed by atoms with van der Waals surface area (Å²) in [4.78, 5) is 41.1. The van der Waals surface area contributed by atoms with E-state index in [1.807, 2.05) is 25.3 Å². The Labute approximate surface area is 178 Å². The highest BCUT2D eigenvalue weighted by Gasteiger charge is 2.22. The van der Waals surface area contributed by atoms with Gasteiger partial charge in [0.1, 0.15) is 6.04 Å². The molecule has 1 aromatic carbocycles. The first-order valence-electron chi connectivity index (χ1n) is 9.20. The molecule has 1 unspecified atom stereocenters. The minimum atomic E-state index is -0.687. The molecule has 156 valence electrons. The minimum absolute atomic E-state index is 0.0558. The van der Waals surface area contributed by atoms with Crippen LogP contribution in [0.1, 0.15) is 35.0 Å². The summed E-state index contributed by atoms with van der Waals surface area (Å²) < 4.78 is 4.90. The molecule has 1 aromatic heterocycles. The first kappa shape index (κ1) is 22.9. The summed E-state index contributed by atoms with van der Waals surface area (Å²) in [5.74, 6) is -0.272. The summed E-state index contributed by atoms with van der Waals surface area (Å²) in [5.41, 5.74) is 2.02. The Kier molecular flexibility index (Phi) is 9.14. The van der Waals surface area contributed by atoms with Gasteiger partial charge in [0, 0.05) is 10.9 Å². The molecule has 0 radical (unpaired) electrons. The van der Waals surface area contributed by atoms with Crippen LogP contribution in [-0.2, 0) is 20.7 Å². The molecule has 2 amide bonds. The van der Waals surface area contributed by atoms with Crippen molar-refractivity contribution >= 4 is 46.0 Å². The largest absolute Gasteiger partial charge is 0.466 e. The Bertz CT molecular complexity index is 854. The van der Waals surface area contributed by atoms with Crippen molar-refractivity contribution in [1.82, 2.24) is 10.3 Å². The van der Waals surface area contributed by atoms with Crippen LogP contribution in [0.5, 0.6) is 0 Å². The van der Waals surface area contributed by atoms with Crippen LogP contribution in [0.4, 0.5) is 5.13 Å². The molecule has 0 saturated carbocycles. The molecule has 0 aliphatic heterocycles. The molecule has 0 fully saturated rings. The number of carbonyl (C=O) groups is 3. The van der Waals surface area contributed by atoms with Crippen molar-refractivity contribution in [2.45, 2.75) is 32.7 Å². The van der Waals surface area contributed by atoms with E-state index in [0.29, 0.717) is 29.4 Å². The van der Waals surface area contributed by atoms with E-state index >= 15 is 0 Å². The van der Waals surface area contributed by atoms with Crippen molar-refractivity contribution in [3.05, 3.63) is 46.5 Å². The molecule has 1 heterocycles. The molecule has 29 heavy (non-hydrogen) atoms. The lowest BCUT2D eigenvalue weighted by atomic mass is 10.1. The number of amides is 2. The number of rotatable bonds is 10. The fourth-order valence-corrected chi connectivity index (χ4v) is 3.71. The third-order valence-electron chi connectivity index (χ3n) is 3.93. The topological polar surface area (TPSA) is 97.4 Å². The first-order valence-corrected chi connectivity index (χ1v) is 11.5. The number of aryl methyl sites for hydroxylation is 1. The van der Waals surface area contributed by atoms with Gasteiger partial charge in [0.05, 0.1) is 18.7 Å². The van der Waals surface area contributed by atoms with Gasteiger partial charge in [-0.15, -0.1) is 11.3 Å². The second-order valence-electron chi connectivity index (χ2n) is 6.29. The Balaban J connectivity index is 2.02. The lowest BCUT2D eigenvalue weighted by Crippen LogP contribution is -2.44. The summed E-state index contributed by atoms with van der Waals surface area (Å²) in [6.45, 7) is 3.96. The number of hydrogen-bond donors (Lipinski definition) is 2. The van der Waals surface area contributed by atoms with Crippen molar-refractivity contribution in [2.75, 3.05) is 23.9 Å². The van der Waals surface area contributed by atoms with Gasteiger partial charge in [0.2, 0.25) is 5.91 Å². The molecular formula is C20H25N3O4S2. The van der Waals surface area contributed by atoms with E-state index in [1.54, 1.807) is 36.2 Å². The standard InChI is InChI=1S/C20H25N3O4S2/c1-4-27-17(24)11-15-12-29-20(21-15)23-19(26)16(8-9-28-3)22-18(25)14-7-5-6-13(2)10-14/h5-7,10,12,16H,4,8-9,11H2,1-3H3,(H,22,25)(H,21,23,26). The van der Waals surface area contributed by atoms with Crippen LogP contribution in [0.2, 0.25) is 0 Å². The third-order valence-corrected chi connectivity index (χ3v) is 5.38. The predicted octanol–water partition coefficient (Wildman–Crippen LogP) is 3.05. The average Bonchev–Trinajstić information content (AvgIpc) is 3.11. The van der Waals surface area contributed by atoms with E-state index < -0.39 is 6.04 Å². The summed E-state index contributed by atoms with van der Waals surface area (Å²) >= 11 is 2.83. The van der Waals surface area contributed by atoms with Crippen LogP contribution in [-0.4, -0.2) is 47.4 Å². The Hall–Kier alpha value is -2.39. The number of thioether (sulfide) groups is 1. The fraction of sp³-hybridized carbons (Fsp3) is 0.400. The average molecular weight is 436 g/mol. The van der Waals surface area contributed by atoms with Crippen molar-refractivity contribution in [1.29, 1.82) is 0 Å². The molecule has 2 N–H and O–H groups in total. The van der Waals surface area contributed by atoms with Crippen LogP contribution < -0.4 is 10.6 Å². The van der Waals surface area contributed by atoms with Crippen LogP contribution in [0, 0.1) is 6.92 Å². The molecule has 1 atom stereocenters. The second kappa shape index (κ2) is 11.6. The second-order valence-corrected chi connectivity index (χ2v) is 8.14. The van der Waals surface area contributed by atoms with Gasteiger partial charge < -0.3 is 15.4 Å². The highest BCUT2D eigenvalue weighted by atomic mass is 32.2. The maximum absolute atomic E-state index is 12.7. The number of thiazole rings is 1. The van der Waals surface area contributed by atoms with Gasteiger partial charge in [-0.2, -0.15) is 11.8 Å². The van der Waals surface area contributed by atoms with Gasteiger partial charge in [0.15, 0.2) is 5.13 Å². The van der Waals surface area contributed by atoms with E-state index in [9.17, 15) is 14.4 Å². The smallest absolute Gasteiger partial charge is 0.311 e. The SMILES string of the molecule is CCOC(=O)Cc1csc(NC(=O)C(CCSC)NC(=O)c2cccc(C)c2)n1. The minimum Gasteiger partial charge on any atom is -0.466 e. The van der Waals surface area contributed by atoms with E-state index in [4.69, 9.17) is 4.74 Å². The molecule has 2 aromatic rings. The Morgan fingerprint density at radius 3 is 2.79 bits per heavy atom. The number of esters is 1. The van der Waals surface area contributed by atoms with Crippen LogP contribution in [0.25, 0.3) is 0 Å². The zero-order valence-electron chi connectivity index (χ0n) is 16.7. The van der Waals surface area contributed by atoms with Gasteiger partial charge in [0.25, 0.3) is 5.91 Å². The molecule has 9 heteroatoms. The van der Waals surface area contributed by atoms with Crippen molar-refractivity contribution in [3.63, 3.8) is 0 Å². The molecule has 0 bridgehead atoms. The Morgan fingerprint density at radius 1 is 1.31 bits per heavy atom. The molecule has 0 aliphatic carbocycles. The van der Waals surface area contributed by atoms with Gasteiger partial charge in [-0.3, -0.25) is 14.4 Å². The predicted molar refractivity (Wildman–Crippen MR) is 117 cm³/mol. The number of nitrogens with one attached hydrogen (secondary N) is 2. The number of carbonyl (C=O) groups excluding carboxylic acids is 3. The lowest BCUT2D eigenvalue weighted by molar-refractivity contribution is -0.142. The number of benzene rings is 1. The van der Waals surface area contributed by atoms with Crippen LogP contribution in [0.15, 0.2) is 29.6 Å². The molecule has 2 rings (SSSR count). The molecule has 0 saturated heterocycles. The van der Waals surface area contributed by atoms with Gasteiger partial charge in [-0.05, 0) is 44.4 Å². The van der Waals surface area contributed by atoms with Gasteiger partial charge in [-0.1, -0.05) is 17.7 Å². The third kappa shape index (κ3) is 7.51. The lowest BCUT2D eigenvalue weighted by Gasteiger charge is -2.17. The number of ether oxygens (including phenoxy) is 1. The van der Waals surface area contributed by atoms with Crippen molar-refractivity contribution in [2.24, 2.45) is 0 Å². The molecule has 7 nitrogen and oxygen atoms in total. The maximum atomic E-state index is 12.7. The van der Waals surface area contributed by atoms with Gasteiger partial charge >= 0.3 is 5.97 Å². The van der Waals surface area contributed by atoms with Crippen molar-refractivity contribution < 1.29 is 19.1 Å². The number of hydrogen-bond acceptors (Lipinski definition) is 7. The number of aromatic nitrogens is 1. The van der Waals surface area contributed by atoms with Gasteiger partial charge in [-0.25, -0.2) is 4.98 Å². The Morgan fingerprint density at radius 2 is 2.10 bits per heavy atom. The highest BCUT2D eigenvalue weighted by molar-refractivity contribution is 7.98. The molecular weight excluding hydrogens is 410 g/mol. The normalized spacial score (nSPS) is 11.6.